The fraction of sp³-hybridized carbons (Fsp3) is 0.688. The SMILES string of the molecule is COC1CC2(NC(=O)C2(N=Nc2cc(C(=O)NCCN3CCCC3)cc(C(=O)NCCN3CCCC3)c2)C(C)=O)C(OC)CC1Cl. The van der Waals surface area contributed by atoms with E-state index in [4.69, 9.17) is 21.1 Å². The molecule has 3 amide bonds. The summed E-state index contributed by atoms with van der Waals surface area (Å²) < 4.78 is 11.3. The number of hydrogen-bond acceptors (Lipinski definition) is 10. The molecule has 4 aliphatic rings. The Morgan fingerprint density at radius 2 is 1.48 bits per heavy atom. The van der Waals surface area contributed by atoms with Crippen LogP contribution in [0.15, 0.2) is 28.4 Å². The number of amides is 3. The van der Waals surface area contributed by atoms with Gasteiger partial charge in [-0.3, -0.25) is 19.2 Å². The van der Waals surface area contributed by atoms with Crippen LogP contribution in [0, 0.1) is 0 Å². The molecule has 0 radical (unpaired) electrons. The molecule has 5 atom stereocenters. The van der Waals surface area contributed by atoms with Crippen molar-refractivity contribution in [2.24, 2.45) is 10.2 Å². The average Bonchev–Trinajstić information content (AvgIpc) is 3.76. The van der Waals surface area contributed by atoms with Crippen molar-refractivity contribution >= 4 is 40.8 Å². The highest BCUT2D eigenvalue weighted by Gasteiger charge is 2.75. The molecule has 3 N–H and O–H groups in total. The van der Waals surface area contributed by atoms with Crippen LogP contribution < -0.4 is 16.0 Å². The van der Waals surface area contributed by atoms with Crippen LogP contribution in [0.4, 0.5) is 5.69 Å². The maximum absolute atomic E-state index is 13.3. The Hall–Kier alpha value is -2.97. The molecule has 3 saturated heterocycles. The maximum Gasteiger partial charge on any atom is 0.260 e. The normalized spacial score (nSPS) is 30.0. The zero-order valence-electron chi connectivity index (χ0n) is 27.0. The van der Waals surface area contributed by atoms with Gasteiger partial charge in [-0.25, -0.2) is 0 Å². The molecule has 1 saturated carbocycles. The van der Waals surface area contributed by atoms with Gasteiger partial charge in [0.2, 0.25) is 5.54 Å². The number of likely N-dealkylation sites (tertiary alicyclic amines) is 2. The summed E-state index contributed by atoms with van der Waals surface area (Å²) in [7, 11) is 3.02. The third-order valence-electron chi connectivity index (χ3n) is 9.91. The molecule has 46 heavy (non-hydrogen) atoms. The van der Waals surface area contributed by atoms with Gasteiger partial charge in [-0.1, -0.05) is 0 Å². The van der Waals surface area contributed by atoms with E-state index < -0.39 is 40.4 Å². The number of nitrogens with one attached hydrogen (secondary N) is 3. The quantitative estimate of drug-likeness (QED) is 0.126. The minimum Gasteiger partial charge on any atom is -0.380 e. The van der Waals surface area contributed by atoms with Crippen LogP contribution in [0.3, 0.4) is 0 Å². The molecule has 14 heteroatoms. The molecule has 0 bridgehead atoms. The molecular formula is C32H46ClN7O6. The fourth-order valence-corrected chi connectivity index (χ4v) is 7.67. The Morgan fingerprint density at radius 3 is 1.93 bits per heavy atom. The lowest BCUT2D eigenvalue weighted by Crippen LogP contribution is -2.88. The number of hydrogen-bond donors (Lipinski definition) is 3. The number of benzene rings is 1. The number of carbonyl (C=O) groups excluding carboxylic acids is 4. The van der Waals surface area contributed by atoms with E-state index in [2.05, 4.69) is 36.0 Å². The van der Waals surface area contributed by atoms with Crippen molar-refractivity contribution in [1.82, 2.24) is 25.8 Å². The van der Waals surface area contributed by atoms with Gasteiger partial charge >= 0.3 is 0 Å². The number of ketones is 1. The molecule has 5 rings (SSSR count). The highest BCUT2D eigenvalue weighted by atomic mass is 35.5. The molecule has 1 spiro atoms. The highest BCUT2D eigenvalue weighted by molar-refractivity contribution is 6.21. The summed E-state index contributed by atoms with van der Waals surface area (Å²) in [5, 5.41) is 17.2. The van der Waals surface area contributed by atoms with Crippen LogP contribution >= 0.6 is 11.6 Å². The Morgan fingerprint density at radius 1 is 0.935 bits per heavy atom. The number of nitrogens with zero attached hydrogens (tertiary/aromatic N) is 4. The Kier molecular flexibility index (Phi) is 11.1. The first-order valence-electron chi connectivity index (χ1n) is 16.3. The van der Waals surface area contributed by atoms with E-state index in [1.807, 2.05) is 0 Å². The topological polar surface area (TPSA) is 154 Å². The standard InChI is InChI=1S/C32H46ClN7O6/c1-21(41)32(30(44)36-31(32)20-26(45-2)25(33)19-27(31)46-3)38-37-24-17-22(28(42)34-8-14-39-10-4-5-11-39)16-23(18-24)29(43)35-9-15-40-12-6-7-13-40/h16-18,25-27H,4-15,19-20H2,1-3H3,(H,34,42)(H,35,43)(H,36,44). The Balaban J connectivity index is 1.42. The number of alkyl halides is 1. The third kappa shape index (κ3) is 6.84. The highest BCUT2D eigenvalue weighted by Crippen LogP contribution is 2.49. The van der Waals surface area contributed by atoms with Crippen molar-refractivity contribution in [2.75, 3.05) is 66.6 Å². The van der Waals surface area contributed by atoms with E-state index >= 15 is 0 Å². The fourth-order valence-electron chi connectivity index (χ4n) is 7.31. The van der Waals surface area contributed by atoms with Crippen molar-refractivity contribution in [1.29, 1.82) is 0 Å². The summed E-state index contributed by atoms with van der Waals surface area (Å²) >= 11 is 6.55. The largest absolute Gasteiger partial charge is 0.380 e. The minimum atomic E-state index is -1.91. The lowest BCUT2D eigenvalue weighted by atomic mass is 9.58. The smallest absolute Gasteiger partial charge is 0.260 e. The number of carbonyl (C=O) groups is 4. The predicted molar refractivity (Wildman–Crippen MR) is 172 cm³/mol. The summed E-state index contributed by atoms with van der Waals surface area (Å²) in [4.78, 5) is 57.8. The van der Waals surface area contributed by atoms with Gasteiger partial charge in [-0.15, -0.1) is 11.6 Å². The molecule has 0 aromatic heterocycles. The van der Waals surface area contributed by atoms with E-state index in [-0.39, 0.29) is 35.0 Å². The number of rotatable bonds is 13. The summed E-state index contributed by atoms with van der Waals surface area (Å²) in [6.07, 6.45) is 4.02. The van der Waals surface area contributed by atoms with Crippen molar-refractivity contribution in [3.63, 3.8) is 0 Å². The van der Waals surface area contributed by atoms with E-state index in [0.717, 1.165) is 65.0 Å². The van der Waals surface area contributed by atoms with Gasteiger partial charge in [0, 0.05) is 57.9 Å². The molecule has 5 unspecified atom stereocenters. The summed E-state index contributed by atoms with van der Waals surface area (Å²) in [6.45, 7) is 7.74. The van der Waals surface area contributed by atoms with E-state index in [0.29, 0.717) is 19.5 Å². The van der Waals surface area contributed by atoms with E-state index in [1.54, 1.807) is 0 Å². The predicted octanol–water partition coefficient (Wildman–Crippen LogP) is 2.05. The number of Topliss-reactive ketones (excluding diaryl/α,β-unsaturated/α-hetero) is 1. The Labute approximate surface area is 275 Å². The van der Waals surface area contributed by atoms with Crippen molar-refractivity contribution in [3.8, 4) is 0 Å². The first-order valence-corrected chi connectivity index (χ1v) is 16.7. The molecule has 1 aromatic carbocycles. The summed E-state index contributed by atoms with van der Waals surface area (Å²) in [5.41, 5.74) is -2.53. The van der Waals surface area contributed by atoms with Gasteiger partial charge in [0.1, 0.15) is 5.54 Å². The van der Waals surface area contributed by atoms with Crippen LogP contribution in [-0.2, 0) is 19.1 Å². The number of ether oxygens (including phenoxy) is 2. The van der Waals surface area contributed by atoms with E-state index in [9.17, 15) is 19.2 Å². The minimum absolute atomic E-state index is 0.163. The lowest BCUT2D eigenvalue weighted by Gasteiger charge is -2.60. The van der Waals surface area contributed by atoms with Gasteiger partial charge in [-0.05, 0) is 83.4 Å². The molecule has 252 valence electrons. The summed E-state index contributed by atoms with van der Waals surface area (Å²) in [6, 6.07) is 4.54. The molecule has 13 nitrogen and oxygen atoms in total. The van der Waals surface area contributed by atoms with Crippen molar-refractivity contribution < 1.29 is 28.7 Å². The van der Waals surface area contributed by atoms with Crippen molar-refractivity contribution in [2.45, 2.75) is 74.1 Å². The van der Waals surface area contributed by atoms with Gasteiger partial charge in [0.25, 0.3) is 17.7 Å². The number of β-lactam (4-membered cyclic amide) rings is 1. The zero-order chi connectivity index (χ0) is 32.9. The van der Waals surface area contributed by atoms with E-state index in [1.165, 1.54) is 39.3 Å². The van der Waals surface area contributed by atoms with Gasteiger partial charge in [0.15, 0.2) is 5.78 Å². The van der Waals surface area contributed by atoms with Gasteiger partial charge in [0.05, 0.1) is 23.3 Å². The Bertz CT molecular complexity index is 1270. The number of methoxy groups -OCH3 is 2. The molecule has 3 heterocycles. The number of halogens is 1. The van der Waals surface area contributed by atoms with Crippen LogP contribution in [0.2, 0.25) is 0 Å². The molecule has 1 aromatic rings. The summed E-state index contributed by atoms with van der Waals surface area (Å²) in [5.74, 6) is -1.83. The molecule has 1 aliphatic carbocycles. The van der Waals surface area contributed by atoms with Crippen molar-refractivity contribution in [3.05, 3.63) is 29.3 Å². The maximum atomic E-state index is 13.3. The first-order chi connectivity index (χ1) is 22.1. The number of azo groups is 1. The lowest BCUT2D eigenvalue weighted by molar-refractivity contribution is -0.173. The second-order valence-corrected chi connectivity index (χ2v) is 13.3. The molecule has 4 fully saturated rings. The monoisotopic (exact) mass is 659 g/mol. The molecule has 3 aliphatic heterocycles. The first kappa shape index (κ1) is 34.4. The van der Waals surface area contributed by atoms with Crippen LogP contribution in [0.5, 0.6) is 0 Å². The second-order valence-electron chi connectivity index (χ2n) is 12.7. The van der Waals surface area contributed by atoms with Crippen LogP contribution in [0.1, 0.15) is 66.2 Å². The van der Waals surface area contributed by atoms with Gasteiger partial charge in [-0.2, -0.15) is 10.2 Å². The third-order valence-corrected chi connectivity index (χ3v) is 10.4. The second kappa shape index (κ2) is 14.8. The van der Waals surface area contributed by atoms with Crippen LogP contribution in [-0.4, -0.2) is 129 Å². The van der Waals surface area contributed by atoms with Gasteiger partial charge < -0.3 is 35.2 Å². The van der Waals surface area contributed by atoms with Crippen LogP contribution in [0.25, 0.3) is 0 Å². The average molecular weight is 660 g/mol. The molecular weight excluding hydrogens is 614 g/mol. The zero-order valence-corrected chi connectivity index (χ0v) is 27.7.